The van der Waals surface area contributed by atoms with E-state index < -0.39 is 31.3 Å². The highest BCUT2D eigenvalue weighted by atomic mass is 35.5. The minimum atomic E-state index is -4.08. The van der Waals surface area contributed by atoms with Crippen molar-refractivity contribution in [3.63, 3.8) is 0 Å². The van der Waals surface area contributed by atoms with Crippen molar-refractivity contribution in [3.8, 4) is 0 Å². The highest BCUT2D eigenvalue weighted by molar-refractivity contribution is 7.90. The van der Waals surface area contributed by atoms with Gasteiger partial charge in [0.05, 0.1) is 28.4 Å². The van der Waals surface area contributed by atoms with Crippen molar-refractivity contribution >= 4 is 54.9 Å². The van der Waals surface area contributed by atoms with Crippen LogP contribution in [0.3, 0.4) is 0 Å². The van der Waals surface area contributed by atoms with E-state index in [1.54, 1.807) is 12.1 Å². The molecule has 2 aliphatic rings. The van der Waals surface area contributed by atoms with E-state index >= 15 is 0 Å². The summed E-state index contributed by atoms with van der Waals surface area (Å²) in [6, 6.07) is 22.3. The van der Waals surface area contributed by atoms with Gasteiger partial charge in [0.15, 0.2) is 0 Å². The van der Waals surface area contributed by atoms with E-state index in [2.05, 4.69) is 4.72 Å². The molecule has 1 saturated carbocycles. The van der Waals surface area contributed by atoms with Crippen molar-refractivity contribution in [2.24, 2.45) is 15.2 Å². The molecule has 3 atom stereocenters. The number of hydrogen-bond acceptors (Lipinski definition) is 6. The van der Waals surface area contributed by atoms with Gasteiger partial charge in [0.25, 0.3) is 10.0 Å². The maximum Gasteiger partial charge on any atom is 0.264 e. The number of rotatable bonds is 6. The third-order valence-corrected chi connectivity index (χ3v) is 10.2. The summed E-state index contributed by atoms with van der Waals surface area (Å²) >= 11 is 12.1. The Hall–Kier alpha value is -2.96. The average Bonchev–Trinajstić information content (AvgIpc) is 3.57. The minimum Gasteiger partial charge on any atom is -0.248 e. The molecule has 3 N–H and O–H groups in total. The van der Waals surface area contributed by atoms with Crippen LogP contribution in [0.4, 0.5) is 0 Å². The van der Waals surface area contributed by atoms with Crippen molar-refractivity contribution in [1.82, 2.24) is 9.73 Å². The van der Waals surface area contributed by atoms with Gasteiger partial charge in [-0.05, 0) is 66.8 Å². The summed E-state index contributed by atoms with van der Waals surface area (Å²) in [5.41, 5.74) is 2.54. The number of guanidine groups is 1. The normalized spacial score (nSPS) is 21.9. The molecule has 210 valence electrons. The Morgan fingerprint density at radius 2 is 1.52 bits per heavy atom. The summed E-state index contributed by atoms with van der Waals surface area (Å²) in [4.78, 5) is 4.70. The van der Waals surface area contributed by atoms with Gasteiger partial charge in [-0.15, -0.1) is 0 Å². The molecular weight excluding hydrogens is 593 g/mol. The Balaban J connectivity index is 1.55. The van der Waals surface area contributed by atoms with Crippen LogP contribution in [0.25, 0.3) is 0 Å². The number of nitrogens with zero attached hydrogens (tertiary/aromatic N) is 3. The molecule has 3 aromatic rings. The fourth-order valence-corrected chi connectivity index (χ4v) is 7.12. The van der Waals surface area contributed by atoms with Crippen LogP contribution in [-0.4, -0.2) is 51.4 Å². The predicted molar refractivity (Wildman–Crippen MR) is 158 cm³/mol. The average molecular weight is 621 g/mol. The fraction of sp³-hybridized carbons (Fsp3) is 0.259. The first-order valence-electron chi connectivity index (χ1n) is 12.5. The summed E-state index contributed by atoms with van der Waals surface area (Å²) in [7, 11) is -7.82. The standard InChI is InChI=1S/C27H27Cl2N5O4S2/c28-20-8-6-19(7-9-20)26-25(18-4-2-1-3-5-18)17-34(32-26)27(31-22-12-15-24(16-22)39(30,35)36)33-40(37,38)23-13-10-21(29)11-14-23/h1-11,13-14,22,24-25H,12,15-17H2,(H,31,33)(H2,30,35,36)/t22-,24+,25+/m1/s1. The van der Waals surface area contributed by atoms with Gasteiger partial charge in [-0.2, -0.15) is 5.10 Å². The number of nitrogens with one attached hydrogen (secondary N) is 1. The molecule has 1 heterocycles. The zero-order valence-electron chi connectivity index (χ0n) is 21.2. The summed E-state index contributed by atoms with van der Waals surface area (Å²) in [6.45, 7) is 0.301. The van der Waals surface area contributed by atoms with Crippen molar-refractivity contribution in [1.29, 1.82) is 0 Å². The van der Waals surface area contributed by atoms with Gasteiger partial charge < -0.3 is 0 Å². The van der Waals surface area contributed by atoms with Gasteiger partial charge in [0.1, 0.15) is 0 Å². The molecule has 0 amide bonds. The van der Waals surface area contributed by atoms with Crippen LogP contribution in [-0.2, 0) is 20.0 Å². The third kappa shape index (κ3) is 6.50. The lowest BCUT2D eigenvalue weighted by molar-refractivity contribution is 0.456. The van der Waals surface area contributed by atoms with Crippen molar-refractivity contribution in [3.05, 3.63) is 100 Å². The molecule has 5 rings (SSSR count). The molecule has 0 unspecified atom stereocenters. The van der Waals surface area contributed by atoms with E-state index in [-0.39, 0.29) is 23.2 Å². The second-order valence-corrected chi connectivity index (χ2v) is 14.1. The summed E-state index contributed by atoms with van der Waals surface area (Å²) in [5, 5.41) is 12.0. The second-order valence-electron chi connectivity index (χ2n) is 9.73. The fourth-order valence-electron chi connectivity index (χ4n) is 4.91. The van der Waals surface area contributed by atoms with Crippen LogP contribution in [0.1, 0.15) is 36.3 Å². The molecule has 3 aromatic carbocycles. The zero-order chi connectivity index (χ0) is 28.5. The van der Waals surface area contributed by atoms with Crippen molar-refractivity contribution in [2.75, 3.05) is 6.54 Å². The molecule has 0 aromatic heterocycles. The number of aliphatic imine (C=N–C) groups is 1. The molecular formula is C27H27Cl2N5O4S2. The monoisotopic (exact) mass is 619 g/mol. The molecule has 0 radical (unpaired) electrons. The molecule has 13 heteroatoms. The van der Waals surface area contributed by atoms with Gasteiger partial charge in [0, 0.05) is 16.0 Å². The Bertz CT molecular complexity index is 1650. The molecule has 0 spiro atoms. The van der Waals surface area contributed by atoms with Crippen LogP contribution in [0.5, 0.6) is 0 Å². The van der Waals surface area contributed by atoms with E-state index in [9.17, 15) is 16.8 Å². The first-order valence-corrected chi connectivity index (χ1v) is 16.4. The topological polar surface area (TPSA) is 134 Å². The van der Waals surface area contributed by atoms with Gasteiger partial charge in [-0.25, -0.2) is 36.7 Å². The predicted octanol–water partition coefficient (Wildman–Crippen LogP) is 4.34. The zero-order valence-corrected chi connectivity index (χ0v) is 24.3. The maximum atomic E-state index is 13.4. The van der Waals surface area contributed by atoms with Crippen LogP contribution < -0.4 is 9.86 Å². The highest BCUT2D eigenvalue weighted by Gasteiger charge is 2.36. The number of hydrogen-bond donors (Lipinski definition) is 2. The number of sulfonamides is 2. The van der Waals surface area contributed by atoms with Crippen molar-refractivity contribution in [2.45, 2.75) is 41.4 Å². The van der Waals surface area contributed by atoms with Crippen LogP contribution in [0, 0.1) is 0 Å². The lowest BCUT2D eigenvalue weighted by Gasteiger charge is -2.21. The molecule has 9 nitrogen and oxygen atoms in total. The Morgan fingerprint density at radius 3 is 2.12 bits per heavy atom. The second kappa shape index (κ2) is 11.5. The van der Waals surface area contributed by atoms with E-state index in [1.165, 1.54) is 29.3 Å². The third-order valence-electron chi connectivity index (χ3n) is 6.98. The number of halogens is 2. The molecule has 1 aliphatic heterocycles. The number of hydrazone groups is 1. The minimum absolute atomic E-state index is 0.0000796. The van der Waals surface area contributed by atoms with E-state index in [1.807, 2.05) is 42.5 Å². The molecule has 1 fully saturated rings. The molecule has 0 bridgehead atoms. The van der Waals surface area contributed by atoms with Gasteiger partial charge >= 0.3 is 0 Å². The summed E-state index contributed by atoms with van der Waals surface area (Å²) in [5.74, 6) is -0.201. The van der Waals surface area contributed by atoms with Gasteiger partial charge in [-0.1, -0.05) is 65.7 Å². The van der Waals surface area contributed by atoms with Crippen LogP contribution >= 0.6 is 23.2 Å². The lowest BCUT2D eigenvalue weighted by Crippen LogP contribution is -2.42. The molecule has 1 aliphatic carbocycles. The van der Waals surface area contributed by atoms with E-state index in [4.69, 9.17) is 38.4 Å². The lowest BCUT2D eigenvalue weighted by atomic mass is 9.91. The van der Waals surface area contributed by atoms with Crippen LogP contribution in [0.15, 0.2) is 93.9 Å². The Labute approximate surface area is 243 Å². The summed E-state index contributed by atoms with van der Waals surface area (Å²) in [6.07, 6.45) is 0.974. The number of benzene rings is 3. The van der Waals surface area contributed by atoms with E-state index in [0.29, 0.717) is 29.4 Å². The first-order chi connectivity index (χ1) is 19.0. The number of primary sulfonamides is 1. The highest BCUT2D eigenvalue weighted by Crippen LogP contribution is 2.31. The maximum absolute atomic E-state index is 13.4. The molecule has 0 saturated heterocycles. The first kappa shape index (κ1) is 28.6. The largest absolute Gasteiger partial charge is 0.264 e. The van der Waals surface area contributed by atoms with Crippen LogP contribution in [0.2, 0.25) is 10.0 Å². The quantitative estimate of drug-likeness (QED) is 0.313. The SMILES string of the molecule is NS(=O)(=O)[C@H]1CC[C@@H](/N=C(\NS(=O)(=O)c2ccc(Cl)cc2)N2C[C@@H](c3ccccc3)C(c3ccc(Cl)cc3)=N2)C1. The number of nitrogens with two attached hydrogens (primary N) is 1. The van der Waals surface area contributed by atoms with Gasteiger partial charge in [0.2, 0.25) is 16.0 Å². The van der Waals surface area contributed by atoms with Gasteiger partial charge in [-0.3, -0.25) is 0 Å². The molecule has 40 heavy (non-hydrogen) atoms. The summed E-state index contributed by atoms with van der Waals surface area (Å²) < 4.78 is 53.3. The Kier molecular flexibility index (Phi) is 8.21. The van der Waals surface area contributed by atoms with E-state index in [0.717, 1.165) is 16.8 Å². The smallest absolute Gasteiger partial charge is 0.248 e. The Morgan fingerprint density at radius 1 is 0.900 bits per heavy atom. The van der Waals surface area contributed by atoms with Crippen molar-refractivity contribution < 1.29 is 16.8 Å².